The molecule has 0 aromatic heterocycles. The zero-order valence-electron chi connectivity index (χ0n) is 90.2. The van der Waals surface area contributed by atoms with Gasteiger partial charge in [-0.15, -0.1) is 0 Å². The molecule has 0 atom stereocenters. The van der Waals surface area contributed by atoms with Crippen LogP contribution in [0.25, 0.3) is 0 Å². The molecular formula is C127H165F5O4. The number of ether oxygens (including phenoxy) is 4. The second-order valence-corrected chi connectivity index (χ2v) is 45.8. The van der Waals surface area contributed by atoms with E-state index in [1.165, 1.54) is 91.0 Å². The number of hydrogen-bond donors (Lipinski definition) is 0. The van der Waals surface area contributed by atoms with E-state index >= 15 is 0 Å². The van der Waals surface area contributed by atoms with Crippen molar-refractivity contribution in [2.24, 2.45) is 0 Å². The molecule has 0 amide bonds. The summed E-state index contributed by atoms with van der Waals surface area (Å²) in [5.41, 5.74) is 22.0. The number of aryl methyl sites for hydroxylation is 8. The molecule has 0 bridgehead atoms. The minimum Gasteiger partial charge on any atom is -0.496 e. The van der Waals surface area contributed by atoms with Crippen molar-refractivity contribution in [1.29, 1.82) is 0 Å². The molecule has 0 saturated carbocycles. The number of hydrogen-bond acceptors (Lipinski definition) is 4. The molecule has 13 aromatic rings. The molecule has 0 aliphatic carbocycles. The van der Waals surface area contributed by atoms with Gasteiger partial charge in [-0.1, -0.05) is 400 Å². The van der Waals surface area contributed by atoms with Gasteiger partial charge in [-0.3, -0.25) is 0 Å². The fourth-order valence-electron chi connectivity index (χ4n) is 13.3. The van der Waals surface area contributed by atoms with Crippen LogP contribution in [0.1, 0.15) is 308 Å². The Morgan fingerprint density at radius 3 is 0.794 bits per heavy atom. The largest absolute Gasteiger partial charge is 0.496 e. The molecule has 0 spiro atoms. The van der Waals surface area contributed by atoms with E-state index in [4.69, 9.17) is 18.9 Å². The van der Waals surface area contributed by atoms with Gasteiger partial charge >= 0.3 is 0 Å². The Balaban J connectivity index is 0.000000318. The maximum atomic E-state index is 13.3. The van der Waals surface area contributed by atoms with Crippen LogP contribution in [0.15, 0.2) is 291 Å². The summed E-state index contributed by atoms with van der Waals surface area (Å²) in [5.74, 6) is 4.79. The average Bonchev–Trinajstić information content (AvgIpc) is 0.829. The molecule has 732 valence electrons. The van der Waals surface area contributed by atoms with Crippen LogP contribution >= 0.6 is 0 Å². The normalized spacial score (nSPS) is 11.5. The summed E-state index contributed by atoms with van der Waals surface area (Å²) in [6.45, 7) is 80.6. The van der Waals surface area contributed by atoms with Crippen molar-refractivity contribution >= 4 is 0 Å². The molecule has 136 heavy (non-hydrogen) atoms. The highest BCUT2D eigenvalue weighted by Crippen LogP contribution is 2.36. The van der Waals surface area contributed by atoms with Crippen LogP contribution in [0.5, 0.6) is 40.2 Å². The van der Waals surface area contributed by atoms with Crippen molar-refractivity contribution in [1.82, 2.24) is 0 Å². The third-order valence-corrected chi connectivity index (χ3v) is 22.3. The molecule has 4 nitrogen and oxygen atoms in total. The first kappa shape index (κ1) is 117. The fraction of sp³-hybridized carbons (Fsp3) is 0.386. The van der Waals surface area contributed by atoms with Crippen LogP contribution in [-0.2, 0) is 54.1 Å². The van der Waals surface area contributed by atoms with Crippen molar-refractivity contribution in [2.75, 3.05) is 7.11 Å². The van der Waals surface area contributed by atoms with Crippen LogP contribution in [0.4, 0.5) is 22.0 Å². The molecule has 0 saturated heterocycles. The number of halogens is 5. The van der Waals surface area contributed by atoms with Gasteiger partial charge < -0.3 is 18.9 Å². The molecule has 0 aliphatic rings. The lowest BCUT2D eigenvalue weighted by Crippen LogP contribution is -2.13. The second kappa shape index (κ2) is 51.2. The van der Waals surface area contributed by atoms with E-state index in [0.29, 0.717) is 22.6 Å². The van der Waals surface area contributed by atoms with E-state index in [2.05, 4.69) is 334 Å². The van der Waals surface area contributed by atoms with Crippen LogP contribution in [0.2, 0.25) is 0 Å². The SMILES string of the molecule is CC(C)(C)c1ccc(Oc2ccc(F)cc2)cc1.CC(C)(C)c1ccccc1F.COc1cc(C)ccc1C(C)(C)C.Cc1cc(Oc2ccc(C(C)(C)C)cc2)ccc1F.Cc1ccc(C(C)(C)C)c(F)c1.Cc1ccc(C(C)(C)C)cc1.Cc1ccc(C(C)(C)C)cc1.Cc1ccc(C(C)(C)C)cc1F.Cc1cccc(C(C)(C)C)c1.Cc1cccc(Oc2ccc(C(C)(C)C)cc2)c1. The maximum Gasteiger partial charge on any atom is 0.127 e. The molecule has 0 heterocycles. The Labute approximate surface area is 820 Å². The second-order valence-electron chi connectivity index (χ2n) is 45.8. The smallest absolute Gasteiger partial charge is 0.127 e. The van der Waals surface area contributed by atoms with Gasteiger partial charge in [0.05, 0.1) is 7.11 Å². The Morgan fingerprint density at radius 1 is 0.176 bits per heavy atom. The first-order valence-corrected chi connectivity index (χ1v) is 47.6. The average molecular weight is 1850 g/mol. The lowest BCUT2D eigenvalue weighted by molar-refractivity contribution is 0.397. The topological polar surface area (TPSA) is 36.9 Å². The number of methoxy groups -OCH3 is 1. The standard InChI is InChI=1S/C17H19FO.C17H20O.C16H17FO.C12H18O.2C11H15F.3C11H16.C10H13F/c1-12-11-15(9-10-16(12)18)19-14-7-5-13(6-8-14)17(2,3)4;1-13-6-5-7-16(12-13)18-15-10-8-14(9-11-15)17(2,3)4;1-16(2,3)12-4-8-14(9-5-12)18-15-10-6-13(17)7-11-15;1-9-6-7-10(12(2,3)4)11(8-9)13-5;1-8-5-6-9(7-10(8)12)11(2,3)4;1-8-5-6-9(10(12)7-8)11(2,3)4;2*1-9-5-7-10(8-6-9)11(2,3)4;1-9-6-5-7-10(8-9)11(2,3)4;1-10(2,3)8-6-4-5-7-9(8)11/h5-11H,1-4H3;5-12H,1-4H3;4-11H,1-3H3;6-8H,1-5H3;2*5-7H,1-4H3;3*5-8H,1-4H3;4-7H,1-3H3. The summed E-state index contributed by atoms with van der Waals surface area (Å²) in [4.78, 5) is 0. The number of benzene rings is 13. The fourth-order valence-corrected chi connectivity index (χ4v) is 13.3. The Bertz CT molecular complexity index is 5680. The highest BCUT2D eigenvalue weighted by atomic mass is 19.1. The Hall–Kier alpha value is -11.3. The zero-order valence-corrected chi connectivity index (χ0v) is 90.2. The van der Waals surface area contributed by atoms with Crippen molar-refractivity contribution in [3.05, 3.63) is 420 Å². The Morgan fingerprint density at radius 2 is 0.471 bits per heavy atom. The predicted octanol–water partition coefficient (Wildman–Crippen LogP) is 38.4. The molecule has 0 radical (unpaired) electrons. The maximum absolute atomic E-state index is 13.3. The highest BCUT2D eigenvalue weighted by Gasteiger charge is 2.23. The third kappa shape index (κ3) is 43.0. The van der Waals surface area contributed by atoms with E-state index in [9.17, 15) is 22.0 Å². The van der Waals surface area contributed by atoms with Gasteiger partial charge in [-0.05, 0) is 308 Å². The van der Waals surface area contributed by atoms with Gasteiger partial charge in [0.25, 0.3) is 0 Å². The number of rotatable bonds is 7. The predicted molar refractivity (Wildman–Crippen MR) is 575 cm³/mol. The van der Waals surface area contributed by atoms with Gasteiger partial charge in [0.1, 0.15) is 69.3 Å². The van der Waals surface area contributed by atoms with Crippen molar-refractivity contribution in [3.8, 4) is 40.2 Å². The van der Waals surface area contributed by atoms with E-state index in [-0.39, 0.29) is 83.2 Å². The van der Waals surface area contributed by atoms with Crippen LogP contribution in [0, 0.1) is 84.5 Å². The molecule has 13 rings (SSSR count). The quantitative estimate of drug-likeness (QED) is 0.149. The van der Waals surface area contributed by atoms with Crippen LogP contribution < -0.4 is 18.9 Å². The summed E-state index contributed by atoms with van der Waals surface area (Å²) < 4.78 is 88.0. The van der Waals surface area contributed by atoms with E-state index in [0.717, 1.165) is 51.0 Å². The molecular weight excluding hydrogens is 1680 g/mol. The lowest BCUT2D eigenvalue weighted by atomic mass is 9.86. The molecule has 0 unspecified atom stereocenters. The Kier molecular flexibility index (Phi) is 44.1. The summed E-state index contributed by atoms with van der Waals surface area (Å²) in [5, 5.41) is 0. The zero-order chi connectivity index (χ0) is 103. The van der Waals surface area contributed by atoms with Gasteiger partial charge in [-0.2, -0.15) is 0 Å². The van der Waals surface area contributed by atoms with E-state index in [1.807, 2.05) is 139 Å². The highest BCUT2D eigenvalue weighted by molar-refractivity contribution is 5.44. The summed E-state index contributed by atoms with van der Waals surface area (Å²) in [6.07, 6.45) is 0. The van der Waals surface area contributed by atoms with Crippen molar-refractivity contribution < 1.29 is 40.9 Å². The minimum atomic E-state index is -0.259. The van der Waals surface area contributed by atoms with Gasteiger partial charge in [-0.25, -0.2) is 22.0 Å². The van der Waals surface area contributed by atoms with Crippen molar-refractivity contribution in [3.63, 3.8) is 0 Å². The van der Waals surface area contributed by atoms with Gasteiger partial charge in [0, 0.05) is 0 Å². The first-order chi connectivity index (χ1) is 62.5. The summed E-state index contributed by atoms with van der Waals surface area (Å²) in [7, 11) is 1.73. The van der Waals surface area contributed by atoms with Gasteiger partial charge in [0.2, 0.25) is 0 Å². The van der Waals surface area contributed by atoms with E-state index < -0.39 is 0 Å². The minimum absolute atomic E-state index is 0.0362. The summed E-state index contributed by atoms with van der Waals surface area (Å²) >= 11 is 0. The summed E-state index contributed by atoms with van der Waals surface area (Å²) in [6, 6.07) is 93.4. The van der Waals surface area contributed by atoms with Crippen LogP contribution in [-0.4, -0.2) is 7.11 Å². The molecule has 9 heteroatoms. The first-order valence-electron chi connectivity index (χ1n) is 47.6. The molecule has 0 fully saturated rings. The molecule has 0 N–H and O–H groups in total. The monoisotopic (exact) mass is 1850 g/mol. The van der Waals surface area contributed by atoms with E-state index in [1.54, 1.807) is 63.4 Å². The van der Waals surface area contributed by atoms with Crippen LogP contribution in [0.3, 0.4) is 0 Å². The van der Waals surface area contributed by atoms with Gasteiger partial charge in [0.15, 0.2) is 0 Å². The molecule has 0 aliphatic heterocycles. The third-order valence-electron chi connectivity index (χ3n) is 22.3. The van der Waals surface area contributed by atoms with Crippen molar-refractivity contribution in [2.45, 2.75) is 317 Å². The molecule has 13 aromatic carbocycles. The lowest BCUT2D eigenvalue weighted by Gasteiger charge is -2.22.